The quantitative estimate of drug-likeness (QED) is 0.568. The number of aromatic nitrogens is 3. The highest BCUT2D eigenvalue weighted by molar-refractivity contribution is 7.87. The Balaban J connectivity index is 2.28. The minimum absolute atomic E-state index is 0.293. The largest absolute Gasteiger partial charge is 0.314 e. The van der Waals surface area contributed by atoms with Crippen molar-refractivity contribution in [3.63, 3.8) is 0 Å². The number of nitrogens with one attached hydrogen (secondary N) is 2. The van der Waals surface area contributed by atoms with E-state index in [-0.39, 0.29) is 0 Å². The predicted molar refractivity (Wildman–Crippen MR) is 82.0 cm³/mol. The lowest BCUT2D eigenvalue weighted by atomic mass is 10.3. The van der Waals surface area contributed by atoms with Crippen molar-refractivity contribution in [2.45, 2.75) is 32.7 Å². The van der Waals surface area contributed by atoms with Crippen LogP contribution in [0.25, 0.3) is 0 Å². The van der Waals surface area contributed by atoms with Crippen molar-refractivity contribution in [3.8, 4) is 0 Å². The molecule has 21 heavy (non-hydrogen) atoms. The topological polar surface area (TPSA) is 92.2 Å². The van der Waals surface area contributed by atoms with E-state index in [9.17, 15) is 8.42 Å². The number of aryl methyl sites for hydroxylation is 1. The molecular weight excluding hydrogens is 292 g/mol. The van der Waals surface area contributed by atoms with Crippen molar-refractivity contribution in [3.05, 3.63) is 12.2 Å². The fourth-order valence-electron chi connectivity index (χ4n) is 1.71. The first-order valence-corrected chi connectivity index (χ1v) is 8.54. The molecule has 122 valence electrons. The van der Waals surface area contributed by atoms with Crippen molar-refractivity contribution in [1.29, 1.82) is 0 Å². The van der Waals surface area contributed by atoms with E-state index >= 15 is 0 Å². The minimum Gasteiger partial charge on any atom is -0.314 e. The number of hydrogen-bond acceptors (Lipinski definition) is 5. The Labute approximate surface area is 127 Å². The molecule has 0 saturated carbocycles. The lowest BCUT2D eigenvalue weighted by Gasteiger charge is -2.18. The Bertz CT molecular complexity index is 514. The maximum atomic E-state index is 12.0. The Kier molecular flexibility index (Phi) is 7.23. The first-order chi connectivity index (χ1) is 9.81. The van der Waals surface area contributed by atoms with Crippen LogP contribution < -0.4 is 10.0 Å². The molecule has 0 aliphatic rings. The molecule has 0 spiro atoms. The molecule has 0 aliphatic carbocycles. The van der Waals surface area contributed by atoms with Crippen molar-refractivity contribution in [2.24, 2.45) is 7.05 Å². The zero-order chi connectivity index (χ0) is 15.9. The van der Waals surface area contributed by atoms with E-state index in [1.165, 1.54) is 4.31 Å². The molecule has 2 N–H and O–H groups in total. The van der Waals surface area contributed by atoms with Gasteiger partial charge in [-0.3, -0.25) is 4.68 Å². The summed E-state index contributed by atoms with van der Waals surface area (Å²) in [6.07, 6.45) is 2.85. The standard InChI is InChI=1S/C12H26N6O2S/c1-11(2)13-7-5-9-18(4)21(19,20)15-8-6-12-14-10-17(3)16-12/h10-11,13,15H,5-9H2,1-4H3. The minimum atomic E-state index is -3.43. The van der Waals surface area contributed by atoms with Gasteiger partial charge >= 0.3 is 0 Å². The van der Waals surface area contributed by atoms with Crippen LogP contribution in [0.2, 0.25) is 0 Å². The SMILES string of the molecule is CC(C)NCCCN(C)S(=O)(=O)NCCc1ncn(C)n1. The molecule has 0 unspecified atom stereocenters. The Morgan fingerprint density at radius 3 is 2.67 bits per heavy atom. The molecule has 1 aromatic rings. The van der Waals surface area contributed by atoms with Gasteiger partial charge < -0.3 is 5.32 Å². The highest BCUT2D eigenvalue weighted by atomic mass is 32.2. The van der Waals surface area contributed by atoms with E-state index in [1.807, 2.05) is 0 Å². The number of nitrogens with zero attached hydrogens (tertiary/aromatic N) is 4. The second-order valence-electron chi connectivity index (χ2n) is 5.27. The van der Waals surface area contributed by atoms with Crippen molar-refractivity contribution in [2.75, 3.05) is 26.7 Å². The molecule has 0 aromatic carbocycles. The van der Waals surface area contributed by atoms with Gasteiger partial charge in [0, 0.05) is 39.6 Å². The molecule has 0 aliphatic heterocycles. The van der Waals surface area contributed by atoms with Crippen LogP contribution in [0.3, 0.4) is 0 Å². The van der Waals surface area contributed by atoms with Crippen LogP contribution in [0.5, 0.6) is 0 Å². The van der Waals surface area contributed by atoms with Gasteiger partial charge in [0.1, 0.15) is 6.33 Å². The summed E-state index contributed by atoms with van der Waals surface area (Å²) in [5, 5.41) is 7.36. The lowest BCUT2D eigenvalue weighted by Crippen LogP contribution is -2.40. The highest BCUT2D eigenvalue weighted by Crippen LogP contribution is 1.97. The third kappa shape index (κ3) is 6.98. The molecule has 0 fully saturated rings. The average Bonchev–Trinajstić information content (AvgIpc) is 2.79. The first-order valence-electron chi connectivity index (χ1n) is 7.10. The third-order valence-electron chi connectivity index (χ3n) is 2.89. The van der Waals surface area contributed by atoms with Crippen molar-refractivity contribution < 1.29 is 8.42 Å². The van der Waals surface area contributed by atoms with Gasteiger partial charge in [0.05, 0.1) is 0 Å². The average molecular weight is 318 g/mol. The van der Waals surface area contributed by atoms with Gasteiger partial charge in [-0.1, -0.05) is 13.8 Å². The van der Waals surface area contributed by atoms with E-state index in [4.69, 9.17) is 0 Å². The van der Waals surface area contributed by atoms with E-state index < -0.39 is 10.2 Å². The molecule has 8 nitrogen and oxygen atoms in total. The molecule has 1 heterocycles. The monoisotopic (exact) mass is 318 g/mol. The smallest absolute Gasteiger partial charge is 0.279 e. The maximum absolute atomic E-state index is 12.0. The van der Waals surface area contributed by atoms with E-state index in [0.717, 1.165) is 13.0 Å². The lowest BCUT2D eigenvalue weighted by molar-refractivity contribution is 0.439. The summed E-state index contributed by atoms with van der Waals surface area (Å²) >= 11 is 0. The van der Waals surface area contributed by atoms with Crippen LogP contribution in [-0.2, 0) is 23.7 Å². The summed E-state index contributed by atoms with van der Waals surface area (Å²) in [4.78, 5) is 4.05. The van der Waals surface area contributed by atoms with Crippen LogP contribution in [0.1, 0.15) is 26.1 Å². The van der Waals surface area contributed by atoms with Gasteiger partial charge in [-0.15, -0.1) is 0 Å². The van der Waals surface area contributed by atoms with Gasteiger partial charge in [0.2, 0.25) is 0 Å². The maximum Gasteiger partial charge on any atom is 0.279 e. The van der Waals surface area contributed by atoms with Crippen molar-refractivity contribution >= 4 is 10.2 Å². The molecule has 0 bridgehead atoms. The van der Waals surface area contributed by atoms with Gasteiger partial charge in [-0.25, -0.2) is 9.71 Å². The normalized spacial score (nSPS) is 12.5. The Morgan fingerprint density at radius 1 is 1.38 bits per heavy atom. The summed E-state index contributed by atoms with van der Waals surface area (Å²) in [6, 6.07) is 0.413. The summed E-state index contributed by atoms with van der Waals surface area (Å²) in [5.74, 6) is 0.629. The number of hydrogen-bond donors (Lipinski definition) is 2. The van der Waals surface area contributed by atoms with Crippen molar-refractivity contribution in [1.82, 2.24) is 29.1 Å². The first kappa shape index (κ1) is 18.0. The Morgan fingerprint density at radius 2 is 2.10 bits per heavy atom. The second-order valence-corrected chi connectivity index (χ2v) is 7.13. The van der Waals surface area contributed by atoms with Crippen LogP contribution in [-0.4, -0.2) is 60.2 Å². The zero-order valence-electron chi connectivity index (χ0n) is 13.2. The molecular formula is C12H26N6O2S. The predicted octanol–water partition coefficient (Wildman–Crippen LogP) is -0.488. The third-order valence-corrected chi connectivity index (χ3v) is 4.46. The zero-order valence-corrected chi connectivity index (χ0v) is 14.0. The van der Waals surface area contributed by atoms with Gasteiger partial charge in [0.25, 0.3) is 10.2 Å². The summed E-state index contributed by atoms with van der Waals surface area (Å²) < 4.78 is 29.5. The second kappa shape index (κ2) is 8.42. The Hall–Kier alpha value is -1.03. The molecule has 9 heteroatoms. The van der Waals surface area contributed by atoms with Gasteiger partial charge in [-0.05, 0) is 13.0 Å². The molecule has 0 amide bonds. The van der Waals surface area contributed by atoms with Crippen LogP contribution in [0.15, 0.2) is 6.33 Å². The van der Waals surface area contributed by atoms with E-state index in [0.29, 0.717) is 31.4 Å². The molecule has 1 rings (SSSR count). The summed E-state index contributed by atoms with van der Waals surface area (Å²) in [7, 11) is -0.0736. The van der Waals surface area contributed by atoms with Gasteiger partial charge in [-0.2, -0.15) is 17.8 Å². The molecule has 1 aromatic heterocycles. The summed E-state index contributed by atoms with van der Waals surface area (Å²) in [6.45, 7) is 5.70. The number of rotatable bonds is 10. The van der Waals surface area contributed by atoms with E-state index in [2.05, 4.69) is 34.0 Å². The fraction of sp³-hybridized carbons (Fsp3) is 0.833. The molecule has 0 radical (unpaired) electrons. The van der Waals surface area contributed by atoms with Crippen LogP contribution in [0.4, 0.5) is 0 Å². The highest BCUT2D eigenvalue weighted by Gasteiger charge is 2.16. The fourth-order valence-corrected chi connectivity index (χ4v) is 2.66. The van der Waals surface area contributed by atoms with Gasteiger partial charge in [0.15, 0.2) is 5.82 Å². The molecule has 0 atom stereocenters. The summed E-state index contributed by atoms with van der Waals surface area (Å²) in [5.41, 5.74) is 0. The van der Waals surface area contributed by atoms with Crippen LogP contribution >= 0.6 is 0 Å². The molecule has 0 saturated heterocycles. The van der Waals surface area contributed by atoms with Crippen LogP contribution in [0, 0.1) is 0 Å². The van der Waals surface area contributed by atoms with E-state index in [1.54, 1.807) is 25.1 Å².